The molecule has 0 radical (unpaired) electrons. The summed E-state index contributed by atoms with van der Waals surface area (Å²) in [7, 11) is -4.46. The van der Waals surface area contributed by atoms with Crippen LogP contribution in [0.1, 0.15) is 39.5 Å². The largest absolute Gasteiger partial charge is 0.369 e. The van der Waals surface area contributed by atoms with Crippen molar-refractivity contribution in [2.75, 3.05) is 36.1 Å². The molecule has 1 saturated heterocycles. The normalized spacial score (nSPS) is 32.6. The molecule has 1 aromatic carbocycles. The van der Waals surface area contributed by atoms with Crippen LogP contribution >= 0.6 is 0 Å². The lowest BCUT2D eigenvalue weighted by atomic mass is 10.1. The number of aromatic nitrogens is 1. The smallest absolute Gasteiger partial charge is 0.241 e. The van der Waals surface area contributed by atoms with Crippen molar-refractivity contribution in [1.29, 1.82) is 0 Å². The van der Waals surface area contributed by atoms with Crippen molar-refractivity contribution in [3.05, 3.63) is 24.3 Å². The van der Waals surface area contributed by atoms with Gasteiger partial charge in [-0.1, -0.05) is 0 Å². The van der Waals surface area contributed by atoms with E-state index in [-0.39, 0.29) is 21.5 Å². The molecule has 1 unspecified atom stereocenters. The standard InChI is InChI=1S/C24H31N5O4S2/c1-15-14-29(8-9-34(15,31)25-3)20-11-17(35(32,33)28-23(2)6-7-23)10-19-18(20)4-5-21(26-19)27-22(30)24-12-16(24)13-24/h4-5,10-11,15-16,28H,6-9,12-14H2,1-3H3,(H,26,27,30)/t15-,16?,24?,34?/m0/s1. The fraction of sp³-hybridized carbons (Fsp3) is 0.583. The molecule has 4 aliphatic rings. The quantitative estimate of drug-likeness (QED) is 0.608. The van der Waals surface area contributed by atoms with Crippen LogP contribution in [0.3, 0.4) is 0 Å². The number of carbonyl (C=O) groups excluding carboxylic acids is 1. The van der Waals surface area contributed by atoms with Gasteiger partial charge in [0.25, 0.3) is 0 Å². The Morgan fingerprint density at radius 3 is 2.57 bits per heavy atom. The highest BCUT2D eigenvalue weighted by molar-refractivity contribution is 7.94. The third-order valence-electron chi connectivity index (χ3n) is 8.24. The lowest BCUT2D eigenvalue weighted by Crippen LogP contribution is -2.45. The number of carbonyl (C=O) groups is 1. The number of hydrogen-bond donors (Lipinski definition) is 2. The summed E-state index contributed by atoms with van der Waals surface area (Å²) in [5.74, 6) is 1.37. The second-order valence-electron chi connectivity index (χ2n) is 10.9. The molecule has 1 aliphatic heterocycles. The summed E-state index contributed by atoms with van der Waals surface area (Å²) in [5.41, 5.74) is 0.649. The van der Waals surface area contributed by atoms with E-state index < -0.39 is 25.3 Å². The Kier molecular flexibility index (Phi) is 4.89. The Hall–Kier alpha value is -2.24. The third kappa shape index (κ3) is 3.92. The number of rotatable bonds is 6. The maximum Gasteiger partial charge on any atom is 0.241 e. The van der Waals surface area contributed by atoms with Crippen LogP contribution in [0.2, 0.25) is 0 Å². The number of benzene rings is 1. The molecule has 2 atom stereocenters. The summed E-state index contributed by atoms with van der Waals surface area (Å²) < 4.78 is 46.6. The zero-order chi connectivity index (χ0) is 24.8. The first-order chi connectivity index (χ1) is 16.5. The average molecular weight is 518 g/mol. The van der Waals surface area contributed by atoms with Gasteiger partial charge in [-0.2, -0.15) is 0 Å². The summed E-state index contributed by atoms with van der Waals surface area (Å²) in [4.78, 5) is 19.5. The number of hydrogen-bond acceptors (Lipinski definition) is 7. The molecule has 188 valence electrons. The molecule has 3 aliphatic carbocycles. The topological polar surface area (TPSA) is 121 Å². The Labute approximate surface area is 206 Å². The molecule has 2 heterocycles. The van der Waals surface area contributed by atoms with Crippen LogP contribution < -0.4 is 14.9 Å². The number of sulfonamides is 1. The Balaban J connectivity index is 1.41. The Bertz CT molecular complexity index is 1480. The van der Waals surface area contributed by atoms with Crippen molar-refractivity contribution in [3.63, 3.8) is 0 Å². The minimum atomic E-state index is -3.77. The molecule has 1 amide bonds. The maximum absolute atomic E-state index is 13.3. The Morgan fingerprint density at radius 2 is 1.97 bits per heavy atom. The van der Waals surface area contributed by atoms with Gasteiger partial charge in [0.05, 0.1) is 30.8 Å². The number of fused-ring (bicyclic) bond motifs is 2. The average Bonchev–Trinajstić information content (AvgIpc) is 3.72. The monoisotopic (exact) mass is 517 g/mol. The van der Waals surface area contributed by atoms with Crippen molar-refractivity contribution in [2.45, 2.75) is 55.2 Å². The molecule has 1 aromatic heterocycles. The highest BCUT2D eigenvalue weighted by atomic mass is 32.2. The van der Waals surface area contributed by atoms with E-state index in [9.17, 15) is 17.4 Å². The molecule has 0 spiro atoms. The maximum atomic E-state index is 13.3. The molecule has 11 heteroatoms. The van der Waals surface area contributed by atoms with E-state index in [0.717, 1.165) is 36.8 Å². The van der Waals surface area contributed by atoms with E-state index in [1.54, 1.807) is 25.2 Å². The number of amides is 1. The Morgan fingerprint density at radius 1 is 1.26 bits per heavy atom. The molecular formula is C24H31N5O4S2. The van der Waals surface area contributed by atoms with Crippen molar-refractivity contribution in [2.24, 2.45) is 15.7 Å². The van der Waals surface area contributed by atoms with Crippen molar-refractivity contribution in [1.82, 2.24) is 9.71 Å². The van der Waals surface area contributed by atoms with Gasteiger partial charge >= 0.3 is 0 Å². The molecule has 0 bridgehead atoms. The first kappa shape index (κ1) is 23.2. The number of anilines is 2. The predicted molar refractivity (Wildman–Crippen MR) is 137 cm³/mol. The second-order valence-corrected chi connectivity index (χ2v) is 15.6. The van der Waals surface area contributed by atoms with Crippen LogP contribution in [0.4, 0.5) is 11.5 Å². The number of pyridine rings is 1. The molecule has 6 rings (SSSR count). The van der Waals surface area contributed by atoms with E-state index in [0.29, 0.717) is 36.1 Å². The van der Waals surface area contributed by atoms with Gasteiger partial charge in [0.2, 0.25) is 15.9 Å². The lowest BCUT2D eigenvalue weighted by Gasteiger charge is -2.35. The van der Waals surface area contributed by atoms with Crippen molar-refractivity contribution >= 4 is 48.1 Å². The lowest BCUT2D eigenvalue weighted by molar-refractivity contribution is -0.119. The van der Waals surface area contributed by atoms with E-state index in [1.807, 2.05) is 19.9 Å². The van der Waals surface area contributed by atoms with Gasteiger partial charge in [-0.25, -0.2) is 26.7 Å². The van der Waals surface area contributed by atoms with Gasteiger partial charge in [0.15, 0.2) is 0 Å². The first-order valence-corrected chi connectivity index (χ1v) is 15.4. The first-order valence-electron chi connectivity index (χ1n) is 12.1. The molecule has 35 heavy (non-hydrogen) atoms. The van der Waals surface area contributed by atoms with E-state index in [2.05, 4.69) is 24.3 Å². The van der Waals surface area contributed by atoms with Gasteiger partial charge in [-0.15, -0.1) is 0 Å². The fourth-order valence-corrected chi connectivity index (χ4v) is 8.46. The van der Waals surface area contributed by atoms with E-state index in [1.165, 1.54) is 0 Å². The summed E-state index contributed by atoms with van der Waals surface area (Å²) in [5, 5.41) is 3.57. The molecule has 3 saturated carbocycles. The molecule has 2 N–H and O–H groups in total. The van der Waals surface area contributed by atoms with Gasteiger partial charge in [-0.05, 0) is 69.7 Å². The SMILES string of the molecule is CN=S1(=O)CCN(c2cc(S(=O)(=O)NC3(C)CC3)cc3nc(NC(=O)C45CC4C5)ccc23)C[C@@H]1C. The number of nitrogens with zero attached hydrogens (tertiary/aromatic N) is 3. The molecule has 9 nitrogen and oxygen atoms in total. The van der Waals surface area contributed by atoms with E-state index in [4.69, 9.17) is 0 Å². The second kappa shape index (κ2) is 7.39. The van der Waals surface area contributed by atoms with Crippen LogP contribution in [-0.4, -0.2) is 60.2 Å². The summed E-state index contributed by atoms with van der Waals surface area (Å²) in [6, 6.07) is 6.93. The van der Waals surface area contributed by atoms with Crippen molar-refractivity contribution in [3.8, 4) is 0 Å². The predicted octanol–water partition coefficient (Wildman–Crippen LogP) is 2.72. The van der Waals surface area contributed by atoms with Crippen LogP contribution in [0.5, 0.6) is 0 Å². The summed E-state index contributed by atoms with van der Waals surface area (Å²) >= 11 is 0. The van der Waals surface area contributed by atoms with Crippen molar-refractivity contribution < 1.29 is 17.4 Å². The van der Waals surface area contributed by atoms with Crippen LogP contribution in [0.15, 0.2) is 33.5 Å². The van der Waals surface area contributed by atoms with Gasteiger partial charge in [0, 0.05) is 42.5 Å². The van der Waals surface area contributed by atoms with Crippen LogP contribution in [-0.2, 0) is 24.5 Å². The minimum absolute atomic E-state index is 0.00426. The van der Waals surface area contributed by atoms with Crippen LogP contribution in [0.25, 0.3) is 10.9 Å². The van der Waals surface area contributed by atoms with Gasteiger partial charge < -0.3 is 10.2 Å². The minimum Gasteiger partial charge on any atom is -0.369 e. The van der Waals surface area contributed by atoms with Gasteiger partial charge in [0.1, 0.15) is 5.82 Å². The molecule has 2 aromatic rings. The van der Waals surface area contributed by atoms with Crippen LogP contribution in [0, 0.1) is 11.3 Å². The fourth-order valence-electron chi connectivity index (χ4n) is 5.11. The summed E-state index contributed by atoms with van der Waals surface area (Å²) in [6.45, 7) is 4.83. The third-order valence-corrected chi connectivity index (χ3v) is 12.6. The molecule has 4 fully saturated rings. The highest BCUT2D eigenvalue weighted by Crippen LogP contribution is 2.75. The van der Waals surface area contributed by atoms with Gasteiger partial charge in [-0.3, -0.25) is 4.79 Å². The highest BCUT2D eigenvalue weighted by Gasteiger charge is 2.74. The zero-order valence-corrected chi connectivity index (χ0v) is 21.8. The number of nitrogens with one attached hydrogen (secondary N) is 2. The molecular weight excluding hydrogens is 486 g/mol. The zero-order valence-electron chi connectivity index (χ0n) is 20.2. The van der Waals surface area contributed by atoms with E-state index >= 15 is 0 Å². The summed E-state index contributed by atoms with van der Waals surface area (Å²) in [6.07, 6.45) is 3.51.